The van der Waals surface area contributed by atoms with Crippen molar-refractivity contribution in [2.75, 3.05) is 6.54 Å². The Labute approximate surface area is 88.1 Å². The number of halogens is 1. The number of aliphatic hydroxyl groups excluding tert-OH is 3. The van der Waals surface area contributed by atoms with Crippen LogP contribution in [0.1, 0.15) is 0 Å². The number of azide groups is 1. The summed E-state index contributed by atoms with van der Waals surface area (Å²) < 4.78 is 5.08. The molecular weight excluding hydrogens is 258 g/mol. The van der Waals surface area contributed by atoms with Gasteiger partial charge in [0.25, 0.3) is 0 Å². The highest BCUT2D eigenvalue weighted by Gasteiger charge is 2.42. The van der Waals surface area contributed by atoms with Crippen LogP contribution in [-0.4, -0.2) is 51.3 Å². The summed E-state index contributed by atoms with van der Waals surface area (Å²) in [4.78, 5) is 2.51. The van der Waals surface area contributed by atoms with Crippen molar-refractivity contribution in [1.82, 2.24) is 0 Å². The van der Waals surface area contributed by atoms with Gasteiger partial charge in [-0.3, -0.25) is 0 Å². The Bertz CT molecular complexity index is 247. The second-order valence-electron chi connectivity index (χ2n) is 2.91. The number of hydrogen-bond acceptors (Lipinski definition) is 5. The van der Waals surface area contributed by atoms with E-state index < -0.39 is 29.4 Å². The first-order valence-corrected chi connectivity index (χ1v) is 4.84. The average molecular weight is 268 g/mol. The summed E-state index contributed by atoms with van der Waals surface area (Å²) in [6.45, 7) is -0.0937. The molecule has 1 saturated heterocycles. The maximum atomic E-state index is 9.41. The Morgan fingerprint density at radius 3 is 2.50 bits per heavy atom. The number of alkyl halides is 1. The van der Waals surface area contributed by atoms with E-state index in [1.54, 1.807) is 0 Å². The van der Waals surface area contributed by atoms with Crippen LogP contribution in [0.2, 0.25) is 0 Å². The molecule has 1 heterocycles. The molecule has 0 radical (unpaired) electrons. The van der Waals surface area contributed by atoms with Crippen LogP contribution in [0.15, 0.2) is 5.11 Å². The summed E-state index contributed by atoms with van der Waals surface area (Å²) in [5.41, 5.74) is 8.06. The molecule has 3 N–H and O–H groups in total. The number of aliphatic hydroxyl groups is 3. The predicted octanol–water partition coefficient (Wildman–Crippen LogP) is -0.501. The number of rotatable bonds is 2. The molecule has 0 bridgehead atoms. The Morgan fingerprint density at radius 1 is 1.29 bits per heavy atom. The van der Waals surface area contributed by atoms with Crippen molar-refractivity contribution in [2.45, 2.75) is 29.4 Å². The molecular formula is C6H10BrN3O4. The third-order valence-corrected chi connectivity index (χ3v) is 2.74. The van der Waals surface area contributed by atoms with Crippen LogP contribution in [0, 0.1) is 0 Å². The molecule has 1 fully saturated rings. The van der Waals surface area contributed by atoms with Crippen LogP contribution < -0.4 is 0 Å². The van der Waals surface area contributed by atoms with Crippen molar-refractivity contribution in [1.29, 1.82) is 0 Å². The lowest BCUT2D eigenvalue weighted by atomic mass is 10.0. The molecule has 0 amide bonds. The van der Waals surface area contributed by atoms with E-state index in [4.69, 9.17) is 10.3 Å². The smallest absolute Gasteiger partial charge is 0.141 e. The molecule has 14 heavy (non-hydrogen) atoms. The molecule has 80 valence electrons. The summed E-state index contributed by atoms with van der Waals surface area (Å²) in [7, 11) is 0. The van der Waals surface area contributed by atoms with Gasteiger partial charge in [-0.15, -0.1) is 0 Å². The van der Waals surface area contributed by atoms with E-state index in [9.17, 15) is 15.3 Å². The molecule has 5 atom stereocenters. The quantitative estimate of drug-likeness (QED) is 0.270. The lowest BCUT2D eigenvalue weighted by Crippen LogP contribution is -2.56. The van der Waals surface area contributed by atoms with Crippen molar-refractivity contribution >= 4 is 15.9 Å². The van der Waals surface area contributed by atoms with Gasteiger partial charge < -0.3 is 20.1 Å². The molecule has 7 nitrogen and oxygen atoms in total. The third kappa shape index (κ3) is 2.35. The highest BCUT2D eigenvalue weighted by atomic mass is 79.9. The molecule has 8 heteroatoms. The monoisotopic (exact) mass is 267 g/mol. The first kappa shape index (κ1) is 11.7. The van der Waals surface area contributed by atoms with Gasteiger partial charge in [-0.1, -0.05) is 21.0 Å². The van der Waals surface area contributed by atoms with E-state index >= 15 is 0 Å². The van der Waals surface area contributed by atoms with Crippen molar-refractivity contribution in [3.8, 4) is 0 Å². The molecule has 0 spiro atoms. The molecule has 0 aliphatic carbocycles. The zero-order valence-corrected chi connectivity index (χ0v) is 8.65. The SMILES string of the molecule is [N-]=[N+]=NC[C@H]1OC(Br)C(O)C(O)C1O. The van der Waals surface area contributed by atoms with Crippen LogP contribution in [0.25, 0.3) is 10.4 Å². The van der Waals surface area contributed by atoms with E-state index in [0.717, 1.165) is 0 Å². The fraction of sp³-hybridized carbons (Fsp3) is 1.00. The van der Waals surface area contributed by atoms with Crippen LogP contribution >= 0.6 is 15.9 Å². The van der Waals surface area contributed by atoms with Crippen molar-refractivity contribution in [3.63, 3.8) is 0 Å². The maximum absolute atomic E-state index is 9.41. The van der Waals surface area contributed by atoms with Gasteiger partial charge in [-0.2, -0.15) is 0 Å². The first-order chi connectivity index (χ1) is 6.57. The summed E-state index contributed by atoms with van der Waals surface area (Å²) in [6.07, 6.45) is -4.59. The van der Waals surface area contributed by atoms with Gasteiger partial charge in [-0.05, 0) is 5.53 Å². The minimum Gasteiger partial charge on any atom is -0.388 e. The van der Waals surface area contributed by atoms with Crippen molar-refractivity contribution in [2.24, 2.45) is 5.11 Å². The summed E-state index contributed by atoms with van der Waals surface area (Å²) in [5.74, 6) is 0. The Kier molecular flexibility index (Phi) is 4.11. The number of ether oxygens (including phenoxy) is 1. The lowest BCUT2D eigenvalue weighted by Gasteiger charge is -2.37. The fourth-order valence-electron chi connectivity index (χ4n) is 1.17. The molecule has 4 unspecified atom stereocenters. The van der Waals surface area contributed by atoms with Gasteiger partial charge in [0.1, 0.15) is 23.3 Å². The van der Waals surface area contributed by atoms with Crippen molar-refractivity contribution in [3.05, 3.63) is 10.4 Å². The molecule has 0 saturated carbocycles. The average Bonchev–Trinajstić information content (AvgIpc) is 2.18. The van der Waals surface area contributed by atoms with Crippen LogP contribution in [0.5, 0.6) is 0 Å². The molecule has 0 aromatic heterocycles. The first-order valence-electron chi connectivity index (χ1n) is 3.92. The molecule has 1 rings (SSSR count). The Hall–Kier alpha value is -0.370. The van der Waals surface area contributed by atoms with Gasteiger partial charge in [-0.25, -0.2) is 0 Å². The number of nitrogens with zero attached hydrogens (tertiary/aromatic N) is 3. The van der Waals surface area contributed by atoms with E-state index in [-0.39, 0.29) is 6.54 Å². The van der Waals surface area contributed by atoms with Gasteiger partial charge in [0, 0.05) is 4.91 Å². The molecule has 0 aromatic carbocycles. The molecule has 1 aliphatic heterocycles. The number of hydrogen-bond donors (Lipinski definition) is 3. The zero-order chi connectivity index (χ0) is 10.7. The van der Waals surface area contributed by atoms with Crippen LogP contribution in [-0.2, 0) is 4.74 Å². The van der Waals surface area contributed by atoms with E-state index in [0.29, 0.717) is 0 Å². The van der Waals surface area contributed by atoms with Crippen LogP contribution in [0.4, 0.5) is 0 Å². The van der Waals surface area contributed by atoms with Gasteiger partial charge in [0.05, 0.1) is 12.6 Å². The predicted molar refractivity (Wildman–Crippen MR) is 49.6 cm³/mol. The van der Waals surface area contributed by atoms with Gasteiger partial charge in [0.2, 0.25) is 0 Å². The van der Waals surface area contributed by atoms with E-state index in [2.05, 4.69) is 26.0 Å². The second kappa shape index (κ2) is 4.92. The van der Waals surface area contributed by atoms with Gasteiger partial charge in [0.15, 0.2) is 0 Å². The molecule has 1 aliphatic rings. The largest absolute Gasteiger partial charge is 0.388 e. The lowest BCUT2D eigenvalue weighted by molar-refractivity contribution is -0.192. The minimum absolute atomic E-state index is 0.0937. The Balaban J connectivity index is 2.64. The summed E-state index contributed by atoms with van der Waals surface area (Å²) >= 11 is 2.98. The second-order valence-corrected chi connectivity index (χ2v) is 3.81. The normalized spacial score (nSPS) is 43.0. The summed E-state index contributed by atoms with van der Waals surface area (Å²) in [5, 5.41) is 30.5. The summed E-state index contributed by atoms with van der Waals surface area (Å²) in [6, 6.07) is 0. The third-order valence-electron chi connectivity index (χ3n) is 1.98. The highest BCUT2D eigenvalue weighted by Crippen LogP contribution is 2.24. The zero-order valence-electron chi connectivity index (χ0n) is 7.06. The van der Waals surface area contributed by atoms with Gasteiger partial charge >= 0.3 is 0 Å². The van der Waals surface area contributed by atoms with Crippen LogP contribution in [0.3, 0.4) is 0 Å². The Morgan fingerprint density at radius 2 is 1.93 bits per heavy atom. The van der Waals surface area contributed by atoms with E-state index in [1.165, 1.54) is 0 Å². The topological polar surface area (TPSA) is 119 Å². The van der Waals surface area contributed by atoms with Crippen molar-refractivity contribution < 1.29 is 20.1 Å². The molecule has 0 aromatic rings. The highest BCUT2D eigenvalue weighted by molar-refractivity contribution is 9.09. The van der Waals surface area contributed by atoms with E-state index in [1.807, 2.05) is 0 Å². The standard InChI is InChI=1S/C6H10BrN3O4/c7-6-5(13)4(12)3(11)2(14-6)1-9-10-8/h2-6,11-13H,1H2/t2-,3?,4?,5?,6?/m1/s1. The minimum atomic E-state index is -1.31. The maximum Gasteiger partial charge on any atom is 0.141 e. The fourth-order valence-corrected chi connectivity index (χ4v) is 1.76.